The van der Waals surface area contributed by atoms with Crippen molar-refractivity contribution in [3.63, 3.8) is 0 Å². The molecule has 0 radical (unpaired) electrons. The van der Waals surface area contributed by atoms with Gasteiger partial charge >= 0.3 is 0 Å². The smallest absolute Gasteiger partial charge is 0.243 e. The van der Waals surface area contributed by atoms with E-state index in [4.69, 9.17) is 4.74 Å². The molecular weight excluding hydrogens is 372 g/mol. The summed E-state index contributed by atoms with van der Waals surface area (Å²) in [4.78, 5) is 12.0. The van der Waals surface area contributed by atoms with Crippen LogP contribution in [0.4, 0.5) is 0 Å². The van der Waals surface area contributed by atoms with Gasteiger partial charge < -0.3 is 10.1 Å². The maximum atomic E-state index is 12.3. The van der Waals surface area contributed by atoms with Gasteiger partial charge in [0.05, 0.1) is 17.5 Å². The number of halogens is 1. The molecule has 2 rings (SSSR count). The van der Waals surface area contributed by atoms with E-state index in [1.54, 1.807) is 12.1 Å². The first-order valence-electron chi connectivity index (χ1n) is 7.00. The number of ether oxygens (including phenoxy) is 1. The summed E-state index contributed by atoms with van der Waals surface area (Å²) < 4.78 is 31.9. The van der Waals surface area contributed by atoms with Crippen molar-refractivity contribution in [3.05, 3.63) is 28.7 Å². The molecule has 22 heavy (non-hydrogen) atoms. The molecule has 1 aromatic carbocycles. The molecule has 1 saturated heterocycles. The average molecular weight is 391 g/mol. The number of carbonyl (C=O) groups excluding carboxylic acids is 1. The van der Waals surface area contributed by atoms with E-state index >= 15 is 0 Å². The van der Waals surface area contributed by atoms with E-state index in [0.717, 1.165) is 28.2 Å². The van der Waals surface area contributed by atoms with Crippen molar-refractivity contribution in [1.29, 1.82) is 0 Å². The standard InChI is InChI=1S/C14H19BrN2O4S/c1-17(10-14(18)16-9-12-3-2-8-21-12)22(19,20)13-6-4-11(15)5-7-13/h4-7,12H,2-3,8-10H2,1H3,(H,16,18)/t12-/m0/s1. The van der Waals surface area contributed by atoms with Gasteiger partial charge in [0.2, 0.25) is 15.9 Å². The van der Waals surface area contributed by atoms with Crippen LogP contribution in [-0.4, -0.2) is 51.5 Å². The lowest BCUT2D eigenvalue weighted by molar-refractivity contribution is -0.121. The minimum atomic E-state index is -3.67. The van der Waals surface area contributed by atoms with Gasteiger partial charge in [-0.2, -0.15) is 4.31 Å². The van der Waals surface area contributed by atoms with E-state index in [9.17, 15) is 13.2 Å². The van der Waals surface area contributed by atoms with E-state index in [2.05, 4.69) is 21.2 Å². The molecular formula is C14H19BrN2O4S. The number of nitrogens with zero attached hydrogens (tertiary/aromatic N) is 1. The second kappa shape index (κ2) is 7.54. The summed E-state index contributed by atoms with van der Waals surface area (Å²) in [5.74, 6) is -0.335. The lowest BCUT2D eigenvalue weighted by atomic mass is 10.2. The van der Waals surface area contributed by atoms with Gasteiger partial charge in [0.15, 0.2) is 0 Å². The number of hydrogen-bond acceptors (Lipinski definition) is 4. The summed E-state index contributed by atoms with van der Waals surface area (Å²) in [7, 11) is -2.28. The van der Waals surface area contributed by atoms with E-state index in [1.807, 2.05) is 0 Å². The van der Waals surface area contributed by atoms with Crippen LogP contribution < -0.4 is 5.32 Å². The quantitative estimate of drug-likeness (QED) is 0.795. The molecule has 1 aliphatic rings. The Hall–Kier alpha value is -0.960. The van der Waals surface area contributed by atoms with E-state index < -0.39 is 10.0 Å². The first-order valence-corrected chi connectivity index (χ1v) is 9.23. The minimum Gasteiger partial charge on any atom is -0.376 e. The number of amides is 1. The van der Waals surface area contributed by atoms with Crippen molar-refractivity contribution in [1.82, 2.24) is 9.62 Å². The average Bonchev–Trinajstić information content (AvgIpc) is 2.99. The number of sulfonamides is 1. The zero-order valence-corrected chi connectivity index (χ0v) is 14.7. The topological polar surface area (TPSA) is 75.7 Å². The molecule has 0 aliphatic carbocycles. The molecule has 1 fully saturated rings. The van der Waals surface area contributed by atoms with Crippen LogP contribution in [0, 0.1) is 0 Å². The largest absolute Gasteiger partial charge is 0.376 e. The van der Waals surface area contributed by atoms with Crippen molar-refractivity contribution in [2.45, 2.75) is 23.8 Å². The molecule has 1 N–H and O–H groups in total. The minimum absolute atomic E-state index is 0.0392. The zero-order chi connectivity index (χ0) is 16.2. The van der Waals surface area contributed by atoms with Crippen LogP contribution in [0.1, 0.15) is 12.8 Å². The summed E-state index contributed by atoms with van der Waals surface area (Å²) >= 11 is 3.26. The first-order chi connectivity index (χ1) is 10.4. The fourth-order valence-electron chi connectivity index (χ4n) is 2.16. The Morgan fingerprint density at radius 1 is 1.41 bits per heavy atom. The van der Waals surface area contributed by atoms with Crippen LogP contribution >= 0.6 is 15.9 Å². The molecule has 1 heterocycles. The van der Waals surface area contributed by atoms with Crippen LogP contribution in [0.3, 0.4) is 0 Å². The van der Waals surface area contributed by atoms with Crippen molar-refractivity contribution >= 4 is 31.9 Å². The highest BCUT2D eigenvalue weighted by atomic mass is 79.9. The van der Waals surface area contributed by atoms with Crippen molar-refractivity contribution in [2.24, 2.45) is 0 Å². The maximum Gasteiger partial charge on any atom is 0.243 e. The molecule has 0 aromatic heterocycles. The lowest BCUT2D eigenvalue weighted by Gasteiger charge is -2.18. The number of carbonyl (C=O) groups is 1. The van der Waals surface area contributed by atoms with Gasteiger partial charge in [-0.15, -0.1) is 0 Å². The van der Waals surface area contributed by atoms with Gasteiger partial charge in [0.25, 0.3) is 0 Å². The summed E-state index contributed by atoms with van der Waals surface area (Å²) in [6.07, 6.45) is 1.96. The molecule has 6 nitrogen and oxygen atoms in total. The van der Waals surface area contributed by atoms with Crippen LogP contribution in [-0.2, 0) is 19.6 Å². The fourth-order valence-corrected chi connectivity index (χ4v) is 3.55. The predicted molar refractivity (Wildman–Crippen MR) is 85.9 cm³/mol. The van der Waals surface area contributed by atoms with Gasteiger partial charge in [-0.05, 0) is 37.1 Å². The lowest BCUT2D eigenvalue weighted by Crippen LogP contribution is -2.40. The summed E-state index contributed by atoms with van der Waals surface area (Å²) in [6.45, 7) is 0.925. The second-order valence-electron chi connectivity index (χ2n) is 5.15. The van der Waals surface area contributed by atoms with Gasteiger partial charge in [-0.1, -0.05) is 15.9 Å². The van der Waals surface area contributed by atoms with Crippen LogP contribution in [0.2, 0.25) is 0 Å². The van der Waals surface area contributed by atoms with Crippen molar-refractivity contribution in [3.8, 4) is 0 Å². The van der Waals surface area contributed by atoms with Crippen molar-refractivity contribution in [2.75, 3.05) is 26.7 Å². The van der Waals surface area contributed by atoms with Crippen LogP contribution in [0.25, 0.3) is 0 Å². The Kier molecular flexibility index (Phi) is 5.96. The third-order valence-electron chi connectivity index (χ3n) is 3.44. The summed E-state index contributed by atoms with van der Waals surface area (Å²) in [5.41, 5.74) is 0. The number of rotatable bonds is 6. The third kappa shape index (κ3) is 4.52. The highest BCUT2D eigenvalue weighted by Crippen LogP contribution is 2.17. The number of likely N-dealkylation sites (N-methyl/N-ethyl adjacent to an activating group) is 1. The molecule has 0 saturated carbocycles. The van der Waals surface area contributed by atoms with Crippen LogP contribution in [0.5, 0.6) is 0 Å². The van der Waals surface area contributed by atoms with E-state index in [1.165, 1.54) is 19.2 Å². The third-order valence-corrected chi connectivity index (χ3v) is 5.79. The molecule has 1 aromatic rings. The molecule has 122 valence electrons. The SMILES string of the molecule is CN(CC(=O)NC[C@@H]1CCCO1)S(=O)(=O)c1ccc(Br)cc1. The number of benzene rings is 1. The summed E-state index contributed by atoms with van der Waals surface area (Å²) in [6, 6.07) is 6.30. The molecule has 0 spiro atoms. The molecule has 0 bridgehead atoms. The Labute approximate surface area is 139 Å². The Balaban J connectivity index is 1.90. The molecule has 1 atom stereocenters. The Morgan fingerprint density at radius 2 is 2.09 bits per heavy atom. The molecule has 8 heteroatoms. The van der Waals surface area contributed by atoms with Gasteiger partial charge in [-0.25, -0.2) is 8.42 Å². The highest BCUT2D eigenvalue weighted by molar-refractivity contribution is 9.10. The Bertz CT molecular complexity index is 612. The van der Waals surface area contributed by atoms with Gasteiger partial charge in [-0.3, -0.25) is 4.79 Å². The van der Waals surface area contributed by atoms with E-state index in [0.29, 0.717) is 6.54 Å². The molecule has 1 aliphatic heterocycles. The Morgan fingerprint density at radius 3 is 2.68 bits per heavy atom. The highest BCUT2D eigenvalue weighted by Gasteiger charge is 2.23. The molecule has 1 amide bonds. The second-order valence-corrected chi connectivity index (χ2v) is 8.11. The number of nitrogens with one attached hydrogen (secondary N) is 1. The van der Waals surface area contributed by atoms with E-state index in [-0.39, 0.29) is 23.5 Å². The summed E-state index contributed by atoms with van der Waals surface area (Å²) in [5, 5.41) is 2.71. The number of hydrogen-bond donors (Lipinski definition) is 1. The molecule has 0 unspecified atom stereocenters. The normalized spacial score (nSPS) is 18.6. The maximum absolute atomic E-state index is 12.3. The van der Waals surface area contributed by atoms with Crippen molar-refractivity contribution < 1.29 is 17.9 Å². The predicted octanol–water partition coefficient (Wildman–Crippen LogP) is 1.36. The first kappa shape index (κ1) is 17.4. The zero-order valence-electron chi connectivity index (χ0n) is 12.3. The van der Waals surface area contributed by atoms with Gasteiger partial charge in [0, 0.05) is 24.7 Å². The van der Waals surface area contributed by atoms with Crippen LogP contribution in [0.15, 0.2) is 33.6 Å². The van der Waals surface area contributed by atoms with Gasteiger partial charge in [0.1, 0.15) is 0 Å². The monoisotopic (exact) mass is 390 g/mol. The fraction of sp³-hybridized carbons (Fsp3) is 0.500.